The molecular formula is C15H24N2O5. The van der Waals surface area contributed by atoms with Gasteiger partial charge >= 0.3 is 12.1 Å². The highest BCUT2D eigenvalue weighted by Gasteiger charge is 2.37. The van der Waals surface area contributed by atoms with Gasteiger partial charge in [0.15, 0.2) is 0 Å². The van der Waals surface area contributed by atoms with Gasteiger partial charge in [0.1, 0.15) is 11.6 Å². The second-order valence-corrected chi connectivity index (χ2v) is 6.21. The Kier molecular flexibility index (Phi) is 5.96. The van der Waals surface area contributed by atoms with Gasteiger partial charge in [-0.15, -0.1) is 6.58 Å². The molecule has 0 bridgehead atoms. The van der Waals surface area contributed by atoms with Gasteiger partial charge in [-0.25, -0.2) is 9.59 Å². The van der Waals surface area contributed by atoms with Crippen molar-refractivity contribution in [3.63, 3.8) is 0 Å². The number of carbonyl (C=O) groups excluding carboxylic acids is 3. The van der Waals surface area contributed by atoms with Gasteiger partial charge < -0.3 is 20.1 Å². The fourth-order valence-corrected chi connectivity index (χ4v) is 2.28. The molecule has 0 radical (unpaired) electrons. The van der Waals surface area contributed by atoms with Crippen molar-refractivity contribution >= 4 is 18.0 Å². The number of ether oxygens (including phenoxy) is 2. The number of nitrogens with one attached hydrogen (secondary N) is 2. The van der Waals surface area contributed by atoms with Crippen LogP contribution in [0.5, 0.6) is 0 Å². The number of carbonyl (C=O) groups is 3. The molecule has 0 aromatic heterocycles. The predicted molar refractivity (Wildman–Crippen MR) is 80.0 cm³/mol. The molecule has 0 unspecified atom stereocenters. The number of rotatable bonds is 5. The number of hydrogen-bond acceptors (Lipinski definition) is 5. The fourth-order valence-electron chi connectivity index (χ4n) is 2.28. The van der Waals surface area contributed by atoms with E-state index in [0.717, 1.165) is 0 Å². The molecule has 1 rings (SSSR count). The minimum atomic E-state index is -0.948. The van der Waals surface area contributed by atoms with Crippen LogP contribution >= 0.6 is 0 Å². The van der Waals surface area contributed by atoms with E-state index in [1.165, 1.54) is 7.11 Å². The Bertz CT molecular complexity index is 455. The largest absolute Gasteiger partial charge is 0.467 e. The number of esters is 1. The molecule has 22 heavy (non-hydrogen) atoms. The minimum absolute atomic E-state index is 0.0832. The maximum Gasteiger partial charge on any atom is 0.408 e. The number of hydrogen-bond donors (Lipinski definition) is 2. The zero-order valence-corrected chi connectivity index (χ0v) is 13.5. The summed E-state index contributed by atoms with van der Waals surface area (Å²) >= 11 is 0. The summed E-state index contributed by atoms with van der Waals surface area (Å²) in [5.74, 6) is -1.30. The van der Waals surface area contributed by atoms with Crippen LogP contribution in [-0.2, 0) is 19.1 Å². The molecule has 0 aliphatic carbocycles. The molecule has 0 aromatic rings. The summed E-state index contributed by atoms with van der Waals surface area (Å²) in [7, 11) is 1.23. The Morgan fingerprint density at radius 3 is 2.64 bits per heavy atom. The first-order chi connectivity index (χ1) is 10.2. The Morgan fingerprint density at radius 1 is 1.50 bits per heavy atom. The maximum atomic E-state index is 11.9. The third-order valence-corrected chi connectivity index (χ3v) is 3.33. The summed E-state index contributed by atoms with van der Waals surface area (Å²) in [5, 5.41) is 5.18. The van der Waals surface area contributed by atoms with Crippen LogP contribution in [-0.4, -0.2) is 43.3 Å². The normalized spacial score (nSPS) is 22.5. The van der Waals surface area contributed by atoms with E-state index in [1.807, 2.05) is 0 Å². The van der Waals surface area contributed by atoms with Crippen molar-refractivity contribution in [3.05, 3.63) is 12.7 Å². The van der Waals surface area contributed by atoms with E-state index in [9.17, 15) is 14.4 Å². The lowest BCUT2D eigenvalue weighted by Crippen LogP contribution is -2.46. The topological polar surface area (TPSA) is 93.7 Å². The monoisotopic (exact) mass is 312 g/mol. The van der Waals surface area contributed by atoms with Gasteiger partial charge in [-0.3, -0.25) is 4.79 Å². The van der Waals surface area contributed by atoms with Crippen LogP contribution in [0, 0.1) is 11.8 Å². The highest BCUT2D eigenvalue weighted by molar-refractivity contribution is 5.85. The zero-order valence-electron chi connectivity index (χ0n) is 13.5. The molecule has 1 heterocycles. The van der Waals surface area contributed by atoms with Crippen molar-refractivity contribution in [1.29, 1.82) is 0 Å². The van der Waals surface area contributed by atoms with E-state index in [4.69, 9.17) is 9.47 Å². The van der Waals surface area contributed by atoms with Crippen molar-refractivity contribution in [2.75, 3.05) is 13.7 Å². The Labute approximate surface area is 130 Å². The van der Waals surface area contributed by atoms with Crippen molar-refractivity contribution < 1.29 is 23.9 Å². The first-order valence-corrected chi connectivity index (χ1v) is 7.15. The van der Waals surface area contributed by atoms with Crippen molar-refractivity contribution in [2.45, 2.75) is 38.8 Å². The Balaban J connectivity index is 2.77. The van der Waals surface area contributed by atoms with Gasteiger partial charge in [0.25, 0.3) is 0 Å². The van der Waals surface area contributed by atoms with E-state index in [0.29, 0.717) is 6.54 Å². The quantitative estimate of drug-likeness (QED) is 0.583. The van der Waals surface area contributed by atoms with Gasteiger partial charge in [-0.05, 0) is 27.2 Å². The molecule has 7 heteroatoms. The lowest BCUT2D eigenvalue weighted by molar-refractivity contribution is -0.143. The van der Waals surface area contributed by atoms with Crippen molar-refractivity contribution in [3.8, 4) is 0 Å². The maximum absolute atomic E-state index is 11.9. The van der Waals surface area contributed by atoms with Gasteiger partial charge in [-0.1, -0.05) is 6.08 Å². The second kappa shape index (κ2) is 7.29. The zero-order chi connectivity index (χ0) is 16.9. The lowest BCUT2D eigenvalue weighted by Gasteiger charge is -2.24. The van der Waals surface area contributed by atoms with Crippen LogP contribution in [0.3, 0.4) is 0 Å². The van der Waals surface area contributed by atoms with Gasteiger partial charge in [0.05, 0.1) is 7.11 Å². The first-order valence-electron chi connectivity index (χ1n) is 7.15. The minimum Gasteiger partial charge on any atom is -0.467 e. The van der Waals surface area contributed by atoms with Crippen molar-refractivity contribution in [1.82, 2.24) is 10.6 Å². The summed E-state index contributed by atoms with van der Waals surface area (Å²) in [5.41, 5.74) is -0.681. The summed E-state index contributed by atoms with van der Waals surface area (Å²) in [6.45, 7) is 9.33. The van der Waals surface area contributed by atoms with Crippen molar-refractivity contribution in [2.24, 2.45) is 11.8 Å². The molecule has 1 aliphatic rings. The Morgan fingerprint density at radius 2 is 2.14 bits per heavy atom. The van der Waals surface area contributed by atoms with E-state index in [1.54, 1.807) is 26.8 Å². The smallest absolute Gasteiger partial charge is 0.408 e. The molecule has 2 N–H and O–H groups in total. The predicted octanol–water partition coefficient (Wildman–Crippen LogP) is 0.991. The molecule has 7 nitrogen and oxygen atoms in total. The summed E-state index contributed by atoms with van der Waals surface area (Å²) in [4.78, 5) is 35.5. The number of methoxy groups -OCH3 is 1. The second-order valence-electron chi connectivity index (χ2n) is 6.21. The number of amides is 2. The van der Waals surface area contributed by atoms with E-state index in [2.05, 4.69) is 17.2 Å². The lowest BCUT2D eigenvalue weighted by atomic mass is 9.89. The average Bonchev–Trinajstić information content (AvgIpc) is 2.75. The molecule has 2 amide bonds. The molecule has 0 aromatic carbocycles. The molecule has 1 aliphatic heterocycles. The average molecular weight is 312 g/mol. The molecular weight excluding hydrogens is 288 g/mol. The highest BCUT2D eigenvalue weighted by atomic mass is 16.6. The molecule has 1 fully saturated rings. The SMILES string of the molecule is C=C[C@@H]1CNC(=O)[C@H]1C[C@H](NC(=O)OC(C)(C)C)C(=O)OC. The third-order valence-electron chi connectivity index (χ3n) is 3.33. The highest BCUT2D eigenvalue weighted by Crippen LogP contribution is 2.24. The molecule has 0 spiro atoms. The first kappa shape index (κ1) is 18.0. The molecule has 1 saturated heterocycles. The van der Waals surface area contributed by atoms with E-state index < -0.39 is 29.6 Å². The third kappa shape index (κ3) is 5.05. The molecule has 0 saturated carbocycles. The van der Waals surface area contributed by atoms with Gasteiger partial charge in [-0.2, -0.15) is 0 Å². The van der Waals surface area contributed by atoms with E-state index >= 15 is 0 Å². The van der Waals surface area contributed by atoms with Crippen LogP contribution in [0.25, 0.3) is 0 Å². The summed E-state index contributed by atoms with van der Waals surface area (Å²) in [6, 6.07) is -0.948. The van der Waals surface area contributed by atoms with Gasteiger partial charge in [0, 0.05) is 18.4 Å². The van der Waals surface area contributed by atoms with Gasteiger partial charge in [0.2, 0.25) is 5.91 Å². The summed E-state index contributed by atoms with van der Waals surface area (Å²) < 4.78 is 9.82. The number of alkyl carbamates (subject to hydrolysis) is 1. The van der Waals surface area contributed by atoms with Crippen LogP contribution in [0.2, 0.25) is 0 Å². The summed E-state index contributed by atoms with van der Waals surface area (Å²) in [6.07, 6.45) is 1.08. The molecule has 124 valence electrons. The van der Waals surface area contributed by atoms with Crippen LogP contribution < -0.4 is 10.6 Å². The Hall–Kier alpha value is -2.05. The fraction of sp³-hybridized carbons (Fsp3) is 0.667. The van der Waals surface area contributed by atoms with E-state index in [-0.39, 0.29) is 18.2 Å². The standard InChI is InChI=1S/C15H24N2O5/c1-6-9-8-16-12(18)10(9)7-11(13(19)21-5)17-14(20)22-15(2,3)4/h6,9-11H,1,7-8H2,2-5H3,(H,16,18)(H,17,20)/t9-,10+,11+/m1/s1. The van der Waals surface area contributed by atoms with Crippen LogP contribution in [0.1, 0.15) is 27.2 Å². The molecule has 3 atom stereocenters. The van der Waals surface area contributed by atoms with Crippen LogP contribution in [0.15, 0.2) is 12.7 Å². The van der Waals surface area contributed by atoms with Crippen LogP contribution in [0.4, 0.5) is 4.79 Å².